The maximum atomic E-state index is 14.5. The Morgan fingerprint density at radius 1 is 1.16 bits per heavy atom. The van der Waals surface area contributed by atoms with E-state index < -0.39 is 0 Å². The molecular weight excluding hydrogens is 425 g/mol. The van der Waals surface area contributed by atoms with Gasteiger partial charge in [0.05, 0.1) is 20.3 Å². The summed E-state index contributed by atoms with van der Waals surface area (Å²) in [7, 11) is 3.30. The van der Waals surface area contributed by atoms with Crippen LogP contribution in [0.15, 0.2) is 36.4 Å². The van der Waals surface area contributed by atoms with Gasteiger partial charge in [-0.05, 0) is 68.2 Å². The molecular formula is C25H34FN3O2S. The van der Waals surface area contributed by atoms with Crippen molar-refractivity contribution >= 4 is 17.3 Å². The number of rotatable bonds is 8. The summed E-state index contributed by atoms with van der Waals surface area (Å²) in [5.74, 6) is 1.25. The van der Waals surface area contributed by atoms with E-state index in [-0.39, 0.29) is 23.9 Å². The molecule has 5 nitrogen and oxygen atoms in total. The van der Waals surface area contributed by atoms with Crippen molar-refractivity contribution in [2.24, 2.45) is 0 Å². The van der Waals surface area contributed by atoms with Crippen LogP contribution in [0.25, 0.3) is 0 Å². The second kappa shape index (κ2) is 11.0. The van der Waals surface area contributed by atoms with Crippen molar-refractivity contribution in [2.75, 3.05) is 20.8 Å². The van der Waals surface area contributed by atoms with E-state index >= 15 is 0 Å². The van der Waals surface area contributed by atoms with Crippen molar-refractivity contribution in [1.29, 1.82) is 0 Å². The van der Waals surface area contributed by atoms with Gasteiger partial charge in [0.2, 0.25) is 0 Å². The lowest BCUT2D eigenvalue weighted by atomic mass is 9.86. The molecule has 32 heavy (non-hydrogen) atoms. The first-order valence-corrected chi connectivity index (χ1v) is 11.6. The van der Waals surface area contributed by atoms with Gasteiger partial charge in [-0.25, -0.2) is 4.39 Å². The summed E-state index contributed by atoms with van der Waals surface area (Å²) in [6.07, 6.45) is 1.71. The topological polar surface area (TPSA) is 45.8 Å². The molecule has 0 saturated heterocycles. The lowest BCUT2D eigenvalue weighted by Crippen LogP contribution is -2.51. The molecule has 2 atom stereocenters. The molecule has 2 aromatic carbocycles. The highest BCUT2D eigenvalue weighted by Crippen LogP contribution is 2.40. The third-order valence-electron chi connectivity index (χ3n) is 5.91. The largest absolute Gasteiger partial charge is 0.493 e. The number of hydrogen-bond acceptors (Lipinski definition) is 4. The first kappa shape index (κ1) is 24.3. The van der Waals surface area contributed by atoms with Crippen molar-refractivity contribution in [2.45, 2.75) is 58.3 Å². The number of ether oxygens (including phenoxy) is 2. The van der Waals surface area contributed by atoms with Crippen LogP contribution in [0.5, 0.6) is 11.5 Å². The highest BCUT2D eigenvalue weighted by atomic mass is 32.1. The quantitative estimate of drug-likeness (QED) is 0.563. The van der Waals surface area contributed by atoms with Gasteiger partial charge in [-0.3, -0.25) is 4.90 Å². The van der Waals surface area contributed by atoms with Crippen molar-refractivity contribution in [3.05, 3.63) is 58.9 Å². The van der Waals surface area contributed by atoms with Crippen molar-refractivity contribution in [3.8, 4) is 11.5 Å². The van der Waals surface area contributed by atoms with Crippen molar-refractivity contribution in [3.63, 3.8) is 0 Å². The molecule has 0 saturated carbocycles. The molecule has 7 heteroatoms. The lowest BCUT2D eigenvalue weighted by molar-refractivity contribution is 0.140. The van der Waals surface area contributed by atoms with Gasteiger partial charge in [-0.1, -0.05) is 25.1 Å². The zero-order valence-corrected chi connectivity index (χ0v) is 20.4. The molecule has 2 aromatic rings. The molecule has 2 N–H and O–H groups in total. The molecule has 0 aromatic heterocycles. The van der Waals surface area contributed by atoms with E-state index in [4.69, 9.17) is 21.7 Å². The Morgan fingerprint density at radius 3 is 2.47 bits per heavy atom. The number of hydrogen-bond donors (Lipinski definition) is 2. The molecule has 174 valence electrons. The molecule has 0 radical (unpaired) electrons. The third-order valence-corrected chi connectivity index (χ3v) is 6.15. The normalized spacial score (nSPS) is 16.9. The summed E-state index contributed by atoms with van der Waals surface area (Å²) in [4.78, 5) is 2.34. The SMILES string of the molecule is CC[C@@H](NC(=S)NC(C)C)[C@H]1c2cc(OC)c(OC)cc2CCN1Cc1ccccc1F. The Morgan fingerprint density at radius 2 is 1.84 bits per heavy atom. The summed E-state index contributed by atoms with van der Waals surface area (Å²) < 4.78 is 25.7. The maximum Gasteiger partial charge on any atom is 0.166 e. The van der Waals surface area contributed by atoms with Gasteiger partial charge >= 0.3 is 0 Å². The van der Waals surface area contributed by atoms with E-state index in [1.165, 1.54) is 11.6 Å². The number of benzene rings is 2. The van der Waals surface area contributed by atoms with Gasteiger partial charge in [0, 0.05) is 30.7 Å². The van der Waals surface area contributed by atoms with Crippen LogP contribution in [0, 0.1) is 5.82 Å². The highest BCUT2D eigenvalue weighted by molar-refractivity contribution is 7.80. The Balaban J connectivity index is 2.02. The van der Waals surface area contributed by atoms with E-state index in [9.17, 15) is 4.39 Å². The average molecular weight is 460 g/mol. The van der Waals surface area contributed by atoms with Gasteiger partial charge in [0.15, 0.2) is 16.6 Å². The number of methoxy groups -OCH3 is 2. The molecule has 0 unspecified atom stereocenters. The number of fused-ring (bicyclic) bond motifs is 1. The first-order chi connectivity index (χ1) is 15.4. The van der Waals surface area contributed by atoms with Crippen molar-refractivity contribution in [1.82, 2.24) is 15.5 Å². The van der Waals surface area contributed by atoms with Crippen LogP contribution in [-0.2, 0) is 13.0 Å². The van der Waals surface area contributed by atoms with Crippen LogP contribution in [0.1, 0.15) is 49.9 Å². The van der Waals surface area contributed by atoms with Crippen LogP contribution >= 0.6 is 12.2 Å². The first-order valence-electron chi connectivity index (χ1n) is 11.2. The van der Waals surface area contributed by atoms with Crippen LogP contribution in [-0.4, -0.2) is 42.9 Å². The molecule has 1 aliphatic heterocycles. The second-order valence-electron chi connectivity index (χ2n) is 8.45. The van der Waals surface area contributed by atoms with E-state index in [2.05, 4.69) is 48.4 Å². The lowest BCUT2D eigenvalue weighted by Gasteiger charge is -2.42. The zero-order chi connectivity index (χ0) is 23.3. The summed E-state index contributed by atoms with van der Waals surface area (Å²) in [5.41, 5.74) is 3.08. The molecule has 1 heterocycles. The molecule has 0 bridgehead atoms. The molecule has 0 spiro atoms. The summed E-state index contributed by atoms with van der Waals surface area (Å²) in [5, 5.41) is 7.43. The predicted octanol–water partition coefficient (Wildman–Crippen LogP) is 4.59. The molecule has 0 aliphatic carbocycles. The fourth-order valence-corrected chi connectivity index (χ4v) is 4.79. The minimum Gasteiger partial charge on any atom is -0.493 e. The molecule has 0 fully saturated rings. The van der Waals surface area contributed by atoms with Crippen LogP contribution in [0.4, 0.5) is 4.39 Å². The minimum absolute atomic E-state index is 0.00456. The molecule has 1 aliphatic rings. The predicted molar refractivity (Wildman–Crippen MR) is 131 cm³/mol. The van der Waals surface area contributed by atoms with Crippen LogP contribution < -0.4 is 20.1 Å². The van der Waals surface area contributed by atoms with Gasteiger partial charge in [-0.2, -0.15) is 0 Å². The van der Waals surface area contributed by atoms with E-state index in [0.717, 1.165) is 30.7 Å². The fourth-order valence-electron chi connectivity index (χ4n) is 4.40. The van der Waals surface area contributed by atoms with E-state index in [1.807, 2.05) is 12.1 Å². The van der Waals surface area contributed by atoms with E-state index in [1.54, 1.807) is 20.3 Å². The van der Waals surface area contributed by atoms with Gasteiger partial charge < -0.3 is 20.1 Å². The fraction of sp³-hybridized carbons (Fsp3) is 0.480. The molecule has 3 rings (SSSR count). The minimum atomic E-state index is -0.178. The number of nitrogens with zero attached hydrogens (tertiary/aromatic N) is 1. The summed E-state index contributed by atoms with van der Waals surface area (Å²) in [6.45, 7) is 7.60. The van der Waals surface area contributed by atoms with Gasteiger partial charge in [-0.15, -0.1) is 0 Å². The standard InChI is InChI=1S/C25H34FN3O2S/c1-6-21(28-25(32)27-16(2)3)24-19-14-23(31-5)22(30-4)13-17(19)11-12-29(24)15-18-9-7-8-10-20(18)26/h7-10,13-14,16,21,24H,6,11-12,15H2,1-5H3,(H2,27,28,32)/t21-,24-/m1/s1. The monoisotopic (exact) mass is 459 g/mol. The van der Waals surface area contributed by atoms with Gasteiger partial charge in [0.1, 0.15) is 5.82 Å². The molecule has 0 amide bonds. The second-order valence-corrected chi connectivity index (χ2v) is 8.86. The number of halogens is 1. The Labute approximate surface area is 196 Å². The summed E-state index contributed by atoms with van der Waals surface area (Å²) >= 11 is 5.57. The Hall–Kier alpha value is -2.38. The average Bonchev–Trinajstić information content (AvgIpc) is 2.77. The smallest absolute Gasteiger partial charge is 0.166 e. The Bertz CT molecular complexity index is 937. The van der Waals surface area contributed by atoms with Crippen LogP contribution in [0.3, 0.4) is 0 Å². The Kier molecular flexibility index (Phi) is 8.32. The highest BCUT2D eigenvalue weighted by Gasteiger charge is 2.35. The number of nitrogens with one attached hydrogen (secondary N) is 2. The zero-order valence-electron chi connectivity index (χ0n) is 19.6. The maximum absolute atomic E-state index is 14.5. The number of thiocarbonyl (C=S) groups is 1. The van der Waals surface area contributed by atoms with Gasteiger partial charge in [0.25, 0.3) is 0 Å². The van der Waals surface area contributed by atoms with Crippen LogP contribution in [0.2, 0.25) is 0 Å². The van der Waals surface area contributed by atoms with Crippen molar-refractivity contribution < 1.29 is 13.9 Å². The summed E-state index contributed by atoms with van der Waals surface area (Å²) in [6, 6.07) is 11.4. The van der Waals surface area contributed by atoms with E-state index in [0.29, 0.717) is 23.0 Å². The third kappa shape index (κ3) is 5.51.